The molecule has 0 bridgehead atoms. The van der Waals surface area contributed by atoms with Gasteiger partial charge in [0.1, 0.15) is 11.1 Å². The summed E-state index contributed by atoms with van der Waals surface area (Å²) in [6.45, 7) is 2.64. The molecule has 10 nitrogen and oxygen atoms in total. The molecule has 5 heterocycles. The molecule has 1 aliphatic heterocycles. The van der Waals surface area contributed by atoms with Gasteiger partial charge in [0, 0.05) is 42.0 Å². The zero-order chi connectivity index (χ0) is 21.7. The fourth-order valence-electron chi connectivity index (χ4n) is 4.29. The third-order valence-corrected chi connectivity index (χ3v) is 6.95. The molecule has 1 saturated carbocycles. The van der Waals surface area contributed by atoms with Crippen LogP contribution < -0.4 is 15.5 Å². The molecule has 0 radical (unpaired) electrons. The molecular formula is C21H23N9OS. The standard InChI is InChI=1S/C21H23N9OS/c1-21(18(31)25-20-22-8-11-32-20)7-3-9-29(21)19-24-17(15-4-2-10-30(15)28-19)23-16-12-14(26-27-16)13-5-6-13/h2,4,8,10-13H,3,5-7,9H2,1H3,(H,22,25,31)(H2,23,24,26,27,28)/t21-/m0/s1. The predicted molar refractivity (Wildman–Crippen MR) is 123 cm³/mol. The zero-order valence-electron chi connectivity index (χ0n) is 17.6. The van der Waals surface area contributed by atoms with E-state index in [-0.39, 0.29) is 5.91 Å². The summed E-state index contributed by atoms with van der Waals surface area (Å²) in [5.41, 5.74) is 1.23. The maximum absolute atomic E-state index is 13.2. The van der Waals surface area contributed by atoms with Gasteiger partial charge < -0.3 is 10.2 Å². The Balaban J connectivity index is 1.33. The zero-order valence-corrected chi connectivity index (χ0v) is 18.4. The van der Waals surface area contributed by atoms with Crippen molar-refractivity contribution in [2.24, 2.45) is 0 Å². The maximum atomic E-state index is 13.2. The number of hydrogen-bond acceptors (Lipinski definition) is 8. The van der Waals surface area contributed by atoms with Crippen molar-refractivity contribution in [1.82, 2.24) is 29.8 Å². The van der Waals surface area contributed by atoms with E-state index in [9.17, 15) is 4.79 Å². The molecule has 164 valence electrons. The van der Waals surface area contributed by atoms with E-state index in [1.807, 2.05) is 41.6 Å². The molecule has 3 N–H and O–H groups in total. The van der Waals surface area contributed by atoms with Gasteiger partial charge in [-0.1, -0.05) is 0 Å². The van der Waals surface area contributed by atoms with Crippen LogP contribution in [-0.4, -0.2) is 47.8 Å². The topological polar surface area (TPSA) is 116 Å². The Hall–Kier alpha value is -3.47. The first-order chi connectivity index (χ1) is 15.6. The number of rotatable bonds is 6. The van der Waals surface area contributed by atoms with Crippen molar-refractivity contribution >= 4 is 45.5 Å². The first-order valence-electron chi connectivity index (χ1n) is 10.8. The van der Waals surface area contributed by atoms with Crippen LogP contribution in [0.3, 0.4) is 0 Å². The monoisotopic (exact) mass is 449 g/mol. The number of thiazole rings is 1. The van der Waals surface area contributed by atoms with Crippen LogP contribution in [0.4, 0.5) is 22.7 Å². The number of hydrogen-bond donors (Lipinski definition) is 3. The molecule has 11 heteroatoms. The van der Waals surface area contributed by atoms with Crippen molar-refractivity contribution in [3.8, 4) is 0 Å². The van der Waals surface area contributed by atoms with E-state index in [4.69, 9.17) is 10.1 Å². The van der Waals surface area contributed by atoms with Crippen molar-refractivity contribution in [1.29, 1.82) is 0 Å². The molecule has 1 atom stereocenters. The lowest BCUT2D eigenvalue weighted by Crippen LogP contribution is -2.51. The largest absolute Gasteiger partial charge is 0.325 e. The van der Waals surface area contributed by atoms with Crippen LogP contribution in [0.25, 0.3) is 5.52 Å². The maximum Gasteiger partial charge on any atom is 0.251 e. The van der Waals surface area contributed by atoms with E-state index in [1.165, 1.54) is 24.2 Å². The molecule has 4 aromatic heterocycles. The van der Waals surface area contributed by atoms with E-state index in [1.54, 1.807) is 10.7 Å². The summed E-state index contributed by atoms with van der Waals surface area (Å²) < 4.78 is 1.79. The van der Waals surface area contributed by atoms with Gasteiger partial charge in [-0.15, -0.1) is 16.4 Å². The molecule has 0 aromatic carbocycles. The third kappa shape index (κ3) is 3.29. The van der Waals surface area contributed by atoms with E-state index in [0.29, 0.717) is 35.8 Å². The molecule has 4 aromatic rings. The lowest BCUT2D eigenvalue weighted by atomic mass is 9.98. The molecule has 1 saturated heterocycles. The summed E-state index contributed by atoms with van der Waals surface area (Å²) in [4.78, 5) is 24.2. The quantitative estimate of drug-likeness (QED) is 0.412. The highest BCUT2D eigenvalue weighted by molar-refractivity contribution is 7.13. The minimum absolute atomic E-state index is 0.1000. The summed E-state index contributed by atoms with van der Waals surface area (Å²) in [5, 5.41) is 21.0. The van der Waals surface area contributed by atoms with Gasteiger partial charge in [-0.3, -0.25) is 15.2 Å². The highest BCUT2D eigenvalue weighted by Crippen LogP contribution is 2.40. The van der Waals surface area contributed by atoms with E-state index < -0.39 is 5.54 Å². The Morgan fingerprint density at radius 1 is 1.38 bits per heavy atom. The van der Waals surface area contributed by atoms with Crippen LogP contribution in [0.2, 0.25) is 0 Å². The molecule has 1 amide bonds. The van der Waals surface area contributed by atoms with Crippen molar-refractivity contribution in [3.05, 3.63) is 41.7 Å². The highest BCUT2D eigenvalue weighted by Gasteiger charge is 2.45. The average Bonchev–Trinajstić information content (AvgIpc) is 3.22. The lowest BCUT2D eigenvalue weighted by molar-refractivity contribution is -0.120. The summed E-state index contributed by atoms with van der Waals surface area (Å²) in [5.74, 6) is 2.38. The van der Waals surface area contributed by atoms with Gasteiger partial charge in [-0.05, 0) is 44.7 Å². The second-order valence-electron chi connectivity index (χ2n) is 8.53. The van der Waals surface area contributed by atoms with Gasteiger partial charge in [0.05, 0.1) is 0 Å². The second kappa shape index (κ2) is 7.30. The predicted octanol–water partition coefficient (Wildman–Crippen LogP) is 3.53. The van der Waals surface area contributed by atoms with Crippen molar-refractivity contribution in [2.75, 3.05) is 22.1 Å². The normalized spacial score (nSPS) is 20.7. The minimum atomic E-state index is -0.769. The lowest BCUT2D eigenvalue weighted by Gasteiger charge is -2.33. The fraction of sp³-hybridized carbons (Fsp3) is 0.381. The van der Waals surface area contributed by atoms with Crippen LogP contribution in [0.15, 0.2) is 36.0 Å². The van der Waals surface area contributed by atoms with Gasteiger partial charge in [0.25, 0.3) is 5.91 Å². The molecule has 6 rings (SSSR count). The summed E-state index contributed by atoms with van der Waals surface area (Å²) in [6.07, 6.45) is 7.57. The van der Waals surface area contributed by atoms with E-state index in [2.05, 4.69) is 25.8 Å². The van der Waals surface area contributed by atoms with Crippen LogP contribution in [0.5, 0.6) is 0 Å². The molecule has 32 heavy (non-hydrogen) atoms. The minimum Gasteiger partial charge on any atom is -0.325 e. The molecule has 2 fully saturated rings. The first-order valence-corrected chi connectivity index (χ1v) is 11.6. The Labute approximate surface area is 188 Å². The van der Waals surface area contributed by atoms with Crippen molar-refractivity contribution in [2.45, 2.75) is 44.1 Å². The summed E-state index contributed by atoms with van der Waals surface area (Å²) >= 11 is 1.40. The number of nitrogens with one attached hydrogen (secondary N) is 3. The SMILES string of the molecule is C[C@@]1(C(=O)Nc2nccs2)CCCN1c1nc(Nc2cc(C3CC3)[nH]n2)c2cccn2n1. The Morgan fingerprint density at radius 2 is 2.28 bits per heavy atom. The average molecular weight is 450 g/mol. The molecule has 1 aliphatic carbocycles. The smallest absolute Gasteiger partial charge is 0.251 e. The second-order valence-corrected chi connectivity index (χ2v) is 9.42. The number of carbonyl (C=O) groups is 1. The summed E-state index contributed by atoms with van der Waals surface area (Å²) in [6, 6.07) is 5.93. The first kappa shape index (κ1) is 19.2. The number of fused-ring (bicyclic) bond motifs is 1. The number of nitrogens with zero attached hydrogens (tertiary/aromatic N) is 6. The van der Waals surface area contributed by atoms with E-state index in [0.717, 1.165) is 23.4 Å². The Morgan fingerprint density at radius 3 is 3.09 bits per heavy atom. The van der Waals surface area contributed by atoms with Gasteiger partial charge in [0.15, 0.2) is 16.8 Å². The van der Waals surface area contributed by atoms with Crippen LogP contribution in [0.1, 0.15) is 44.2 Å². The van der Waals surface area contributed by atoms with Crippen LogP contribution in [0, 0.1) is 0 Å². The number of H-pyrrole nitrogens is 1. The Kier molecular flexibility index (Phi) is 4.39. The Bertz CT molecular complexity index is 1280. The van der Waals surface area contributed by atoms with Gasteiger partial charge in [0.2, 0.25) is 5.95 Å². The van der Waals surface area contributed by atoms with Gasteiger partial charge in [-0.25, -0.2) is 9.50 Å². The number of amides is 1. The number of anilines is 4. The summed E-state index contributed by atoms with van der Waals surface area (Å²) in [7, 11) is 0. The van der Waals surface area contributed by atoms with Crippen LogP contribution >= 0.6 is 11.3 Å². The van der Waals surface area contributed by atoms with E-state index >= 15 is 0 Å². The number of aromatic amines is 1. The van der Waals surface area contributed by atoms with Gasteiger partial charge in [-0.2, -0.15) is 10.1 Å². The fourth-order valence-corrected chi connectivity index (χ4v) is 4.82. The number of aromatic nitrogens is 6. The molecule has 2 aliphatic rings. The highest BCUT2D eigenvalue weighted by atomic mass is 32.1. The van der Waals surface area contributed by atoms with Crippen LogP contribution in [-0.2, 0) is 4.79 Å². The number of carbonyl (C=O) groups excluding carboxylic acids is 1. The molecule has 0 spiro atoms. The molecule has 0 unspecified atom stereocenters. The van der Waals surface area contributed by atoms with Gasteiger partial charge >= 0.3 is 0 Å². The third-order valence-electron chi connectivity index (χ3n) is 6.27. The van der Waals surface area contributed by atoms with Crippen molar-refractivity contribution in [3.63, 3.8) is 0 Å². The molecular weight excluding hydrogens is 426 g/mol. The van der Waals surface area contributed by atoms with Crippen molar-refractivity contribution < 1.29 is 4.79 Å².